The van der Waals surface area contributed by atoms with E-state index in [9.17, 15) is 15.3 Å². The summed E-state index contributed by atoms with van der Waals surface area (Å²) in [7, 11) is 0. The molecule has 32 heavy (non-hydrogen) atoms. The molecule has 2 aliphatic rings. The third-order valence-corrected chi connectivity index (χ3v) is 6.58. The summed E-state index contributed by atoms with van der Waals surface area (Å²) in [5, 5.41) is 29.7. The first-order valence-corrected chi connectivity index (χ1v) is 11.7. The van der Waals surface area contributed by atoms with Gasteiger partial charge in [0.25, 0.3) is 0 Å². The van der Waals surface area contributed by atoms with Gasteiger partial charge in [0.15, 0.2) is 17.7 Å². The molecule has 1 saturated carbocycles. The Labute approximate surface area is 188 Å². The molecule has 0 aromatic carbocycles. The molecule has 174 valence electrons. The van der Waals surface area contributed by atoms with E-state index in [0.29, 0.717) is 11.2 Å². The number of hydrogen-bond acceptors (Lipinski definition) is 8. The van der Waals surface area contributed by atoms with Crippen molar-refractivity contribution >= 4 is 17.0 Å². The Hall–Kier alpha value is -2.25. The number of hydrogen-bond donors (Lipinski definition) is 4. The Morgan fingerprint density at radius 1 is 1.09 bits per heavy atom. The Morgan fingerprint density at radius 2 is 1.84 bits per heavy atom. The van der Waals surface area contributed by atoms with Gasteiger partial charge in [-0.1, -0.05) is 50.9 Å². The number of nitrogens with two attached hydrogens (primary N) is 1. The average molecular weight is 444 g/mol. The summed E-state index contributed by atoms with van der Waals surface area (Å²) in [4.78, 5) is 12.9. The maximum Gasteiger partial charge on any atom is 0.208 e. The fourth-order valence-corrected chi connectivity index (χ4v) is 4.74. The molecule has 0 bridgehead atoms. The molecule has 2 aromatic rings. The van der Waals surface area contributed by atoms with Gasteiger partial charge in [0.2, 0.25) is 5.82 Å². The van der Waals surface area contributed by atoms with Crippen LogP contribution in [0.25, 0.3) is 11.2 Å². The van der Waals surface area contributed by atoms with Crippen molar-refractivity contribution in [3.8, 4) is 11.8 Å². The smallest absolute Gasteiger partial charge is 0.208 e. The van der Waals surface area contributed by atoms with Gasteiger partial charge in [-0.2, -0.15) is 0 Å². The molecule has 1 saturated heterocycles. The highest BCUT2D eigenvalue weighted by Gasteiger charge is 2.44. The number of fused-ring (bicyclic) bond motifs is 1. The van der Waals surface area contributed by atoms with Crippen LogP contribution in [-0.4, -0.2) is 59.8 Å². The number of nitrogens with zero attached hydrogens (tertiary/aromatic N) is 4. The number of ether oxygens (including phenoxy) is 1. The zero-order valence-electron chi connectivity index (χ0n) is 18.4. The van der Waals surface area contributed by atoms with Gasteiger partial charge in [-0.3, -0.25) is 4.57 Å². The fourth-order valence-electron chi connectivity index (χ4n) is 4.74. The van der Waals surface area contributed by atoms with Crippen molar-refractivity contribution in [2.75, 3.05) is 12.3 Å². The minimum Gasteiger partial charge on any atom is -0.394 e. The van der Waals surface area contributed by atoms with E-state index in [2.05, 4.69) is 26.8 Å². The molecule has 2 fully saturated rings. The van der Waals surface area contributed by atoms with Crippen LogP contribution in [-0.2, 0) is 4.74 Å². The first-order chi connectivity index (χ1) is 15.6. The summed E-state index contributed by atoms with van der Waals surface area (Å²) >= 11 is 0. The predicted octanol–water partition coefficient (Wildman–Crippen LogP) is 1.90. The molecule has 4 rings (SSSR count). The topological polar surface area (TPSA) is 140 Å². The standard InChI is InChI=1S/C23H33N5O4/c24-21-18-22(28(14-25-18)23-20(31)19(30)16(13-29)32-23)27-17(26-21)12-8-4-7-11-15-9-5-2-1-3-6-10-15/h14-16,19-20,23,29-31H,1-7,9-11,13H2,(H2,24,26,27)/t16-,19-,20-,23-/m1/s1. The molecule has 9 heteroatoms. The normalized spacial score (nSPS) is 27.1. The van der Waals surface area contributed by atoms with Gasteiger partial charge in [-0.25, -0.2) is 15.0 Å². The highest BCUT2D eigenvalue weighted by atomic mass is 16.6. The van der Waals surface area contributed by atoms with Gasteiger partial charge < -0.3 is 25.8 Å². The lowest BCUT2D eigenvalue weighted by molar-refractivity contribution is -0.0511. The molecule has 5 N–H and O–H groups in total. The van der Waals surface area contributed by atoms with Gasteiger partial charge >= 0.3 is 0 Å². The second kappa shape index (κ2) is 10.6. The van der Waals surface area contributed by atoms with E-state index in [1.807, 2.05) is 0 Å². The predicted molar refractivity (Wildman–Crippen MR) is 119 cm³/mol. The number of aromatic nitrogens is 4. The van der Waals surface area contributed by atoms with E-state index in [0.717, 1.165) is 18.8 Å². The van der Waals surface area contributed by atoms with E-state index >= 15 is 0 Å². The van der Waals surface area contributed by atoms with E-state index in [-0.39, 0.29) is 11.6 Å². The molecular weight excluding hydrogens is 410 g/mol. The van der Waals surface area contributed by atoms with E-state index < -0.39 is 31.1 Å². The lowest BCUT2D eigenvalue weighted by Gasteiger charge is -2.18. The molecule has 0 unspecified atom stereocenters. The third kappa shape index (κ3) is 5.04. The fraction of sp³-hybridized carbons (Fsp3) is 0.696. The van der Waals surface area contributed by atoms with Gasteiger partial charge in [0, 0.05) is 6.42 Å². The summed E-state index contributed by atoms with van der Waals surface area (Å²) in [5.41, 5.74) is 6.79. The molecule has 0 radical (unpaired) electrons. The lowest BCUT2D eigenvalue weighted by atomic mass is 9.88. The maximum absolute atomic E-state index is 10.3. The monoisotopic (exact) mass is 443 g/mol. The quantitative estimate of drug-likeness (QED) is 0.406. The second-order valence-electron chi connectivity index (χ2n) is 8.89. The van der Waals surface area contributed by atoms with Crippen molar-refractivity contribution in [3.63, 3.8) is 0 Å². The van der Waals surface area contributed by atoms with Crippen LogP contribution < -0.4 is 5.73 Å². The van der Waals surface area contributed by atoms with Crippen LogP contribution >= 0.6 is 0 Å². The van der Waals surface area contributed by atoms with Crippen LogP contribution in [0.3, 0.4) is 0 Å². The Morgan fingerprint density at radius 3 is 2.56 bits per heavy atom. The Balaban J connectivity index is 1.43. The van der Waals surface area contributed by atoms with Crippen LogP contribution in [0.1, 0.15) is 76.3 Å². The highest BCUT2D eigenvalue weighted by Crippen LogP contribution is 2.32. The van der Waals surface area contributed by atoms with Gasteiger partial charge in [-0.05, 0) is 24.7 Å². The van der Waals surface area contributed by atoms with Crippen LogP contribution in [0, 0.1) is 17.8 Å². The largest absolute Gasteiger partial charge is 0.394 e. The minimum atomic E-state index is -1.23. The van der Waals surface area contributed by atoms with Crippen LogP contribution in [0.5, 0.6) is 0 Å². The first-order valence-electron chi connectivity index (χ1n) is 11.7. The zero-order valence-corrected chi connectivity index (χ0v) is 18.4. The Kier molecular flexibility index (Phi) is 7.58. The minimum absolute atomic E-state index is 0.194. The molecule has 0 amide bonds. The summed E-state index contributed by atoms with van der Waals surface area (Å²) in [6, 6.07) is 0. The van der Waals surface area contributed by atoms with E-state index in [1.165, 1.54) is 62.3 Å². The molecular formula is C23H33N5O4. The number of aliphatic hydroxyl groups is 3. The first kappa shape index (κ1) is 22.9. The lowest BCUT2D eigenvalue weighted by Crippen LogP contribution is -2.33. The molecule has 9 nitrogen and oxygen atoms in total. The number of unbranched alkanes of at least 4 members (excludes halogenated alkanes) is 1. The molecule has 3 heterocycles. The summed E-state index contributed by atoms with van der Waals surface area (Å²) in [6.45, 7) is -0.407. The molecule has 1 aliphatic heterocycles. The van der Waals surface area contributed by atoms with Crippen molar-refractivity contribution < 1.29 is 20.1 Å². The SMILES string of the molecule is Nc1nc(C#CCCCC2CCCCCCC2)nc2c1ncn2[C@@H]1O[C@H](CO)[C@@H](O)[C@H]1O. The Bertz CT molecular complexity index is 960. The van der Waals surface area contributed by atoms with E-state index in [1.54, 1.807) is 0 Å². The van der Waals surface area contributed by atoms with Crippen molar-refractivity contribution in [3.05, 3.63) is 12.2 Å². The number of nitrogen functional groups attached to an aromatic ring is 1. The second-order valence-corrected chi connectivity index (χ2v) is 8.89. The third-order valence-electron chi connectivity index (χ3n) is 6.58. The van der Waals surface area contributed by atoms with Crippen molar-refractivity contribution in [2.24, 2.45) is 5.92 Å². The highest BCUT2D eigenvalue weighted by molar-refractivity contribution is 5.82. The maximum atomic E-state index is 10.3. The van der Waals surface area contributed by atoms with Gasteiger partial charge in [0.05, 0.1) is 12.9 Å². The summed E-state index contributed by atoms with van der Waals surface area (Å²) < 4.78 is 7.09. The number of anilines is 1. The van der Waals surface area contributed by atoms with Crippen LogP contribution in [0.2, 0.25) is 0 Å². The average Bonchev–Trinajstić information content (AvgIpc) is 3.30. The summed E-state index contributed by atoms with van der Waals surface area (Å²) in [5.74, 6) is 7.46. The summed E-state index contributed by atoms with van der Waals surface area (Å²) in [6.07, 6.45) is 9.75. The molecule has 0 spiro atoms. The molecule has 4 atom stereocenters. The van der Waals surface area contributed by atoms with Crippen molar-refractivity contribution in [1.82, 2.24) is 19.5 Å². The van der Waals surface area contributed by atoms with Crippen LogP contribution in [0.4, 0.5) is 5.82 Å². The van der Waals surface area contributed by atoms with Gasteiger partial charge in [0.1, 0.15) is 23.8 Å². The van der Waals surface area contributed by atoms with Crippen molar-refractivity contribution in [1.29, 1.82) is 0 Å². The number of rotatable bonds is 5. The van der Waals surface area contributed by atoms with Crippen molar-refractivity contribution in [2.45, 2.75) is 88.7 Å². The van der Waals surface area contributed by atoms with E-state index in [4.69, 9.17) is 10.5 Å². The van der Waals surface area contributed by atoms with Gasteiger partial charge in [-0.15, -0.1) is 0 Å². The zero-order chi connectivity index (χ0) is 22.5. The number of imidazole rings is 1. The molecule has 1 aliphatic carbocycles. The number of aliphatic hydroxyl groups excluding tert-OH is 3. The molecule has 2 aromatic heterocycles. The van der Waals surface area contributed by atoms with Crippen LogP contribution in [0.15, 0.2) is 6.33 Å².